The van der Waals surface area contributed by atoms with Gasteiger partial charge in [0.25, 0.3) is 11.8 Å². The van der Waals surface area contributed by atoms with Crippen molar-refractivity contribution in [3.63, 3.8) is 0 Å². The summed E-state index contributed by atoms with van der Waals surface area (Å²) in [5.41, 5.74) is -3.48. The van der Waals surface area contributed by atoms with Gasteiger partial charge in [0.1, 0.15) is 0 Å². The van der Waals surface area contributed by atoms with Crippen LogP contribution in [0.4, 0.5) is 32.0 Å². The van der Waals surface area contributed by atoms with E-state index in [-0.39, 0.29) is 17.2 Å². The SMILES string of the molecule is O=C1C2=C(CCCC2)C(=O)N1c1cc(C(F)(F)F)cc(C(F)(F)F)c1. The quantitative estimate of drug-likeness (QED) is 0.545. The number of hydrogen-bond acceptors (Lipinski definition) is 2. The number of amides is 2. The van der Waals surface area contributed by atoms with Gasteiger partial charge in [-0.1, -0.05) is 0 Å². The van der Waals surface area contributed by atoms with Gasteiger partial charge < -0.3 is 0 Å². The Balaban J connectivity index is 2.11. The first kappa shape index (κ1) is 17.5. The zero-order chi connectivity index (χ0) is 18.6. The van der Waals surface area contributed by atoms with E-state index in [1.165, 1.54) is 0 Å². The molecule has 1 heterocycles. The number of carbonyl (C=O) groups is 2. The fraction of sp³-hybridized carbons (Fsp3) is 0.375. The summed E-state index contributed by atoms with van der Waals surface area (Å²) >= 11 is 0. The fourth-order valence-corrected chi connectivity index (χ4v) is 3.04. The number of halogens is 6. The summed E-state index contributed by atoms with van der Waals surface area (Å²) in [6, 6.07) is 0.745. The maximum atomic E-state index is 12.9. The second-order valence-electron chi connectivity index (χ2n) is 5.87. The van der Waals surface area contributed by atoms with Gasteiger partial charge in [0, 0.05) is 11.1 Å². The predicted octanol–water partition coefficient (Wildman–Crippen LogP) is 4.47. The molecule has 0 unspecified atom stereocenters. The molecular formula is C16H11F6NO2. The van der Waals surface area contributed by atoms with Gasteiger partial charge in [-0.05, 0) is 43.9 Å². The Bertz CT molecular complexity index is 731. The van der Waals surface area contributed by atoms with Crippen LogP contribution in [0.15, 0.2) is 29.3 Å². The number of imide groups is 1. The van der Waals surface area contributed by atoms with Crippen LogP contribution < -0.4 is 4.90 Å². The van der Waals surface area contributed by atoms with Gasteiger partial charge in [-0.15, -0.1) is 0 Å². The molecule has 2 amide bonds. The van der Waals surface area contributed by atoms with E-state index in [1.807, 2.05) is 0 Å². The zero-order valence-corrected chi connectivity index (χ0v) is 12.6. The van der Waals surface area contributed by atoms with Crippen molar-refractivity contribution in [1.29, 1.82) is 0 Å². The highest BCUT2D eigenvalue weighted by molar-refractivity contribution is 6.33. The molecule has 0 N–H and O–H groups in total. The third kappa shape index (κ3) is 3.03. The first-order valence-corrected chi connectivity index (χ1v) is 7.40. The normalized spacial score (nSPS) is 18.9. The minimum absolute atomic E-state index is 0.0398. The van der Waals surface area contributed by atoms with E-state index in [2.05, 4.69) is 0 Å². The van der Waals surface area contributed by atoms with Crippen LogP contribution >= 0.6 is 0 Å². The third-order valence-electron chi connectivity index (χ3n) is 4.22. The van der Waals surface area contributed by atoms with E-state index in [1.54, 1.807) is 0 Å². The number of anilines is 1. The molecule has 0 fully saturated rings. The molecule has 3 nitrogen and oxygen atoms in total. The smallest absolute Gasteiger partial charge is 0.269 e. The molecule has 3 rings (SSSR count). The van der Waals surface area contributed by atoms with Crippen molar-refractivity contribution in [1.82, 2.24) is 0 Å². The summed E-state index contributed by atoms with van der Waals surface area (Å²) < 4.78 is 77.7. The standard InChI is InChI=1S/C16H11F6NO2/c17-15(18,19)8-5-9(16(20,21)22)7-10(6-8)23-13(24)11-3-1-2-4-12(11)14(23)25/h5-7H,1-4H2. The van der Waals surface area contributed by atoms with Crippen molar-refractivity contribution >= 4 is 17.5 Å². The van der Waals surface area contributed by atoms with Gasteiger partial charge in [-0.2, -0.15) is 26.3 Å². The number of benzene rings is 1. The maximum Gasteiger partial charge on any atom is 0.416 e. The Morgan fingerprint density at radius 2 is 1.12 bits per heavy atom. The van der Waals surface area contributed by atoms with Crippen LogP contribution in [-0.4, -0.2) is 11.8 Å². The van der Waals surface area contributed by atoms with Crippen LogP contribution in [0.5, 0.6) is 0 Å². The molecule has 0 atom stereocenters. The lowest BCUT2D eigenvalue weighted by Gasteiger charge is -2.19. The van der Waals surface area contributed by atoms with Crippen molar-refractivity contribution in [2.24, 2.45) is 0 Å². The van der Waals surface area contributed by atoms with Crippen molar-refractivity contribution < 1.29 is 35.9 Å². The van der Waals surface area contributed by atoms with E-state index in [4.69, 9.17) is 0 Å². The average molecular weight is 363 g/mol. The molecule has 0 aromatic heterocycles. The van der Waals surface area contributed by atoms with E-state index in [0.29, 0.717) is 42.7 Å². The lowest BCUT2D eigenvalue weighted by Crippen LogP contribution is -2.32. The minimum atomic E-state index is -5.05. The first-order valence-electron chi connectivity index (χ1n) is 7.40. The molecule has 0 spiro atoms. The average Bonchev–Trinajstić information content (AvgIpc) is 2.77. The number of rotatable bonds is 1. The topological polar surface area (TPSA) is 37.4 Å². The van der Waals surface area contributed by atoms with Gasteiger partial charge in [0.05, 0.1) is 16.8 Å². The van der Waals surface area contributed by atoms with Gasteiger partial charge >= 0.3 is 12.4 Å². The summed E-state index contributed by atoms with van der Waals surface area (Å²) in [7, 11) is 0. The fourth-order valence-electron chi connectivity index (χ4n) is 3.04. The zero-order valence-electron chi connectivity index (χ0n) is 12.6. The van der Waals surface area contributed by atoms with Crippen LogP contribution in [0.3, 0.4) is 0 Å². The molecule has 0 saturated carbocycles. The molecule has 2 aliphatic rings. The largest absolute Gasteiger partial charge is 0.416 e. The van der Waals surface area contributed by atoms with Crippen molar-refractivity contribution in [3.05, 3.63) is 40.5 Å². The lowest BCUT2D eigenvalue weighted by molar-refractivity contribution is -0.143. The summed E-state index contributed by atoms with van der Waals surface area (Å²) in [5, 5.41) is 0. The molecule has 1 aromatic rings. The lowest BCUT2D eigenvalue weighted by atomic mass is 9.93. The monoisotopic (exact) mass is 363 g/mol. The third-order valence-corrected chi connectivity index (χ3v) is 4.22. The Morgan fingerprint density at radius 1 is 0.720 bits per heavy atom. The van der Waals surface area contributed by atoms with Crippen molar-refractivity contribution in [2.75, 3.05) is 4.90 Å². The number of nitrogens with zero attached hydrogens (tertiary/aromatic N) is 1. The number of alkyl halides is 6. The molecule has 0 saturated heterocycles. The van der Waals surface area contributed by atoms with Gasteiger partial charge in [0.15, 0.2) is 0 Å². The number of hydrogen-bond donors (Lipinski definition) is 0. The predicted molar refractivity (Wildman–Crippen MR) is 74.4 cm³/mol. The Kier molecular flexibility index (Phi) is 3.92. The molecule has 25 heavy (non-hydrogen) atoms. The minimum Gasteiger partial charge on any atom is -0.269 e. The summed E-state index contributed by atoms with van der Waals surface area (Å²) in [6.45, 7) is 0. The molecule has 1 aliphatic heterocycles. The van der Waals surface area contributed by atoms with Crippen molar-refractivity contribution in [3.8, 4) is 0 Å². The summed E-state index contributed by atoms with van der Waals surface area (Å²) in [6.07, 6.45) is -8.23. The highest BCUT2D eigenvalue weighted by Crippen LogP contribution is 2.41. The molecule has 0 bridgehead atoms. The van der Waals surface area contributed by atoms with Crippen LogP contribution in [0.2, 0.25) is 0 Å². The molecular weight excluding hydrogens is 352 g/mol. The van der Waals surface area contributed by atoms with E-state index >= 15 is 0 Å². The molecule has 1 aromatic carbocycles. The van der Waals surface area contributed by atoms with Gasteiger partial charge in [0.2, 0.25) is 0 Å². The number of carbonyl (C=O) groups excluding carboxylic acids is 2. The molecule has 134 valence electrons. The van der Waals surface area contributed by atoms with E-state index < -0.39 is 41.0 Å². The Hall–Kier alpha value is -2.32. The van der Waals surface area contributed by atoms with E-state index in [9.17, 15) is 35.9 Å². The molecule has 0 radical (unpaired) electrons. The van der Waals surface area contributed by atoms with Crippen LogP contribution in [-0.2, 0) is 21.9 Å². The Labute approximate surface area is 137 Å². The molecule has 9 heteroatoms. The van der Waals surface area contributed by atoms with Crippen LogP contribution in [0.1, 0.15) is 36.8 Å². The van der Waals surface area contributed by atoms with Gasteiger partial charge in [-0.3, -0.25) is 9.59 Å². The summed E-state index contributed by atoms with van der Waals surface area (Å²) in [5.74, 6) is -1.68. The molecule has 1 aliphatic carbocycles. The highest BCUT2D eigenvalue weighted by Gasteiger charge is 2.43. The maximum absolute atomic E-state index is 12.9. The van der Waals surface area contributed by atoms with Gasteiger partial charge in [-0.25, -0.2) is 4.90 Å². The second-order valence-corrected chi connectivity index (χ2v) is 5.87. The highest BCUT2D eigenvalue weighted by atomic mass is 19.4. The second kappa shape index (κ2) is 5.60. The van der Waals surface area contributed by atoms with Crippen molar-refractivity contribution in [2.45, 2.75) is 38.0 Å². The van der Waals surface area contributed by atoms with E-state index in [0.717, 1.165) is 0 Å². The Morgan fingerprint density at radius 3 is 1.48 bits per heavy atom. The summed E-state index contributed by atoms with van der Waals surface area (Å²) in [4.78, 5) is 25.1. The first-order chi connectivity index (χ1) is 11.5. The van der Waals surface area contributed by atoms with Crippen LogP contribution in [0, 0.1) is 0 Å². The van der Waals surface area contributed by atoms with Crippen LogP contribution in [0.25, 0.3) is 0 Å².